The van der Waals surface area contributed by atoms with Crippen LogP contribution >= 0.6 is 0 Å². The van der Waals surface area contributed by atoms with E-state index in [9.17, 15) is 0 Å². The summed E-state index contributed by atoms with van der Waals surface area (Å²) in [6.45, 7) is 6.08. The van der Waals surface area contributed by atoms with Crippen LogP contribution in [0.4, 0.5) is 0 Å². The number of aromatic nitrogens is 3. The summed E-state index contributed by atoms with van der Waals surface area (Å²) in [5, 5.41) is 11.8. The normalized spacial score (nSPS) is 22.5. The quantitative estimate of drug-likeness (QED) is 0.578. The molecule has 0 radical (unpaired) electrons. The van der Waals surface area contributed by atoms with Gasteiger partial charge in [-0.1, -0.05) is 37.3 Å². The fraction of sp³-hybridized carbons (Fsp3) is 0.591. The molecule has 1 aromatic carbocycles. The number of likely N-dealkylation sites (tertiary alicyclic amines) is 1. The minimum absolute atomic E-state index is 0.337. The van der Waals surface area contributed by atoms with Gasteiger partial charge in [0.2, 0.25) is 0 Å². The van der Waals surface area contributed by atoms with Gasteiger partial charge in [0.25, 0.3) is 0 Å². The number of aryl methyl sites for hydroxylation is 2. The second-order valence-corrected chi connectivity index (χ2v) is 8.07. The first-order valence-corrected chi connectivity index (χ1v) is 10.9. The Morgan fingerprint density at radius 2 is 2.10 bits per heavy atom. The van der Waals surface area contributed by atoms with Crippen LogP contribution in [0.15, 0.2) is 35.3 Å². The molecule has 2 unspecified atom stereocenters. The molecule has 7 nitrogen and oxygen atoms in total. The zero-order valence-electron chi connectivity index (χ0n) is 17.6. The number of fused-ring (bicyclic) bond motifs is 1. The summed E-state index contributed by atoms with van der Waals surface area (Å²) in [5.74, 6) is 2.95. The Bertz CT molecular complexity index is 814. The molecule has 2 aromatic rings. The molecule has 2 aliphatic rings. The van der Waals surface area contributed by atoms with Gasteiger partial charge in [0, 0.05) is 45.1 Å². The summed E-state index contributed by atoms with van der Waals surface area (Å²) in [5.41, 5.74) is 1.39. The third kappa shape index (κ3) is 4.96. The maximum Gasteiger partial charge on any atom is 0.191 e. The molecule has 156 valence electrons. The Labute approximate surface area is 173 Å². The number of benzene rings is 1. The minimum atomic E-state index is 0.337. The van der Waals surface area contributed by atoms with E-state index in [-0.39, 0.29) is 0 Å². The largest absolute Gasteiger partial charge is 0.355 e. The highest BCUT2D eigenvalue weighted by Crippen LogP contribution is 2.19. The van der Waals surface area contributed by atoms with Crippen molar-refractivity contribution >= 4 is 5.96 Å². The van der Waals surface area contributed by atoms with Crippen molar-refractivity contribution in [2.75, 3.05) is 20.1 Å². The van der Waals surface area contributed by atoms with Crippen LogP contribution in [0.3, 0.4) is 0 Å². The third-order valence-corrected chi connectivity index (χ3v) is 6.02. The molecule has 0 saturated carbocycles. The average molecular weight is 396 g/mol. The summed E-state index contributed by atoms with van der Waals surface area (Å²) in [7, 11) is 1.85. The molecule has 7 heteroatoms. The molecule has 0 amide bonds. The van der Waals surface area contributed by atoms with E-state index >= 15 is 0 Å². The van der Waals surface area contributed by atoms with E-state index in [1.54, 1.807) is 0 Å². The lowest BCUT2D eigenvalue weighted by molar-refractivity contribution is 0.245. The average Bonchev–Trinajstić information content (AvgIpc) is 3.37. The number of hydrogen-bond acceptors (Lipinski definition) is 4. The molecule has 2 aliphatic heterocycles. The van der Waals surface area contributed by atoms with Gasteiger partial charge in [-0.25, -0.2) is 9.67 Å². The second kappa shape index (κ2) is 9.39. The molecule has 1 aromatic heterocycles. The van der Waals surface area contributed by atoms with E-state index in [1.807, 2.05) is 7.05 Å². The summed E-state index contributed by atoms with van der Waals surface area (Å²) >= 11 is 0. The Hall–Kier alpha value is -2.41. The van der Waals surface area contributed by atoms with Crippen molar-refractivity contribution < 1.29 is 0 Å². The Kier molecular flexibility index (Phi) is 6.44. The van der Waals surface area contributed by atoms with Crippen molar-refractivity contribution in [3.8, 4) is 0 Å². The molecular formula is C22H33N7. The van der Waals surface area contributed by atoms with E-state index < -0.39 is 0 Å². The first-order chi connectivity index (χ1) is 14.2. The van der Waals surface area contributed by atoms with Crippen LogP contribution in [-0.4, -0.2) is 57.8 Å². The van der Waals surface area contributed by atoms with Crippen molar-refractivity contribution in [2.24, 2.45) is 4.99 Å². The van der Waals surface area contributed by atoms with Crippen LogP contribution in [0.5, 0.6) is 0 Å². The monoisotopic (exact) mass is 395 g/mol. The lowest BCUT2D eigenvalue weighted by Gasteiger charge is -2.28. The van der Waals surface area contributed by atoms with E-state index in [0.29, 0.717) is 12.1 Å². The van der Waals surface area contributed by atoms with Gasteiger partial charge in [-0.2, -0.15) is 5.10 Å². The number of nitrogens with one attached hydrogen (secondary N) is 2. The SMILES string of the molecule is CCc1nc2n(n1)CC(NC(=NC)NCC1CCCN1Cc1ccccc1)CC2. The lowest BCUT2D eigenvalue weighted by Crippen LogP contribution is -2.49. The molecule has 29 heavy (non-hydrogen) atoms. The molecule has 3 heterocycles. The van der Waals surface area contributed by atoms with E-state index in [2.05, 4.69) is 72.5 Å². The highest BCUT2D eigenvalue weighted by molar-refractivity contribution is 5.80. The van der Waals surface area contributed by atoms with Gasteiger partial charge in [0.15, 0.2) is 11.8 Å². The standard InChI is InChI=1S/C22H33N7/c1-3-20-26-21-12-11-18(16-29(21)27-20)25-22(23-2)24-14-19-10-7-13-28(19)15-17-8-5-4-6-9-17/h4-6,8-9,18-19H,3,7,10-16H2,1-2H3,(H2,23,24,25). The topological polar surface area (TPSA) is 70.4 Å². The zero-order chi connectivity index (χ0) is 20.1. The van der Waals surface area contributed by atoms with Crippen LogP contribution in [0, 0.1) is 0 Å². The first-order valence-electron chi connectivity index (χ1n) is 10.9. The molecule has 0 aliphatic carbocycles. The number of nitrogens with zero attached hydrogens (tertiary/aromatic N) is 5. The molecule has 1 fully saturated rings. The van der Waals surface area contributed by atoms with Crippen molar-refractivity contribution in [1.82, 2.24) is 30.3 Å². The van der Waals surface area contributed by atoms with Gasteiger partial charge in [-0.3, -0.25) is 9.89 Å². The van der Waals surface area contributed by atoms with E-state index in [1.165, 1.54) is 24.9 Å². The predicted molar refractivity (Wildman–Crippen MR) is 116 cm³/mol. The van der Waals surface area contributed by atoms with Crippen LogP contribution in [0.1, 0.15) is 43.4 Å². The Balaban J connectivity index is 1.28. The fourth-order valence-electron chi connectivity index (χ4n) is 4.38. The molecule has 0 bridgehead atoms. The van der Waals surface area contributed by atoms with E-state index in [4.69, 9.17) is 0 Å². The van der Waals surface area contributed by atoms with Gasteiger partial charge in [0.05, 0.1) is 6.54 Å². The van der Waals surface area contributed by atoms with Crippen molar-refractivity contribution in [3.63, 3.8) is 0 Å². The summed E-state index contributed by atoms with van der Waals surface area (Å²) < 4.78 is 2.06. The minimum Gasteiger partial charge on any atom is -0.355 e. The van der Waals surface area contributed by atoms with E-state index in [0.717, 1.165) is 56.5 Å². The maximum absolute atomic E-state index is 4.61. The van der Waals surface area contributed by atoms with Crippen molar-refractivity contribution in [3.05, 3.63) is 47.5 Å². The second-order valence-electron chi connectivity index (χ2n) is 8.07. The Morgan fingerprint density at radius 3 is 2.90 bits per heavy atom. The lowest BCUT2D eigenvalue weighted by atomic mass is 10.1. The van der Waals surface area contributed by atoms with Gasteiger partial charge < -0.3 is 10.6 Å². The zero-order valence-corrected chi connectivity index (χ0v) is 17.6. The van der Waals surface area contributed by atoms with Crippen LogP contribution < -0.4 is 10.6 Å². The number of rotatable bonds is 6. The number of guanidine groups is 1. The van der Waals surface area contributed by atoms with Crippen molar-refractivity contribution in [2.45, 2.75) is 64.2 Å². The van der Waals surface area contributed by atoms with Crippen LogP contribution in [0.25, 0.3) is 0 Å². The maximum atomic E-state index is 4.61. The molecular weight excluding hydrogens is 362 g/mol. The summed E-state index contributed by atoms with van der Waals surface area (Å²) in [4.78, 5) is 11.7. The highest BCUT2D eigenvalue weighted by atomic mass is 15.4. The smallest absolute Gasteiger partial charge is 0.191 e. The molecule has 2 N–H and O–H groups in total. The van der Waals surface area contributed by atoms with Gasteiger partial charge in [0.1, 0.15) is 5.82 Å². The number of hydrogen-bond donors (Lipinski definition) is 2. The molecule has 0 spiro atoms. The number of aliphatic imine (C=N–C) groups is 1. The third-order valence-electron chi connectivity index (χ3n) is 6.02. The van der Waals surface area contributed by atoms with Crippen molar-refractivity contribution in [1.29, 1.82) is 0 Å². The van der Waals surface area contributed by atoms with Crippen LogP contribution in [-0.2, 0) is 25.9 Å². The summed E-state index contributed by atoms with van der Waals surface area (Å²) in [6.07, 6.45) is 5.43. The highest BCUT2D eigenvalue weighted by Gasteiger charge is 2.26. The summed E-state index contributed by atoms with van der Waals surface area (Å²) in [6, 6.07) is 11.7. The predicted octanol–water partition coefficient (Wildman–Crippen LogP) is 1.98. The molecule has 1 saturated heterocycles. The van der Waals surface area contributed by atoms with Gasteiger partial charge >= 0.3 is 0 Å². The molecule has 2 atom stereocenters. The van der Waals surface area contributed by atoms with Gasteiger partial charge in [-0.15, -0.1) is 0 Å². The fourth-order valence-corrected chi connectivity index (χ4v) is 4.38. The first kappa shape index (κ1) is 19.9. The van der Waals surface area contributed by atoms with Crippen LogP contribution in [0.2, 0.25) is 0 Å². The van der Waals surface area contributed by atoms with Gasteiger partial charge in [-0.05, 0) is 31.4 Å². The molecule has 4 rings (SSSR count). The Morgan fingerprint density at radius 1 is 1.24 bits per heavy atom.